The normalized spacial score (nSPS) is 12.1. The highest BCUT2D eigenvalue weighted by Gasteiger charge is 2.22. The second kappa shape index (κ2) is 6.18. The topological polar surface area (TPSA) is 53.6 Å². The number of hydrogen-bond donors (Lipinski definition) is 2. The average Bonchev–Trinajstić information content (AvgIpc) is 2.88. The van der Waals surface area contributed by atoms with Gasteiger partial charge in [0, 0.05) is 18.7 Å². The van der Waals surface area contributed by atoms with Crippen molar-refractivity contribution in [3.8, 4) is 11.3 Å². The molecule has 20 heavy (non-hydrogen) atoms. The Hall–Kier alpha value is -1.68. The van der Waals surface area contributed by atoms with Gasteiger partial charge in [0.05, 0.1) is 0 Å². The fourth-order valence-corrected chi connectivity index (χ4v) is 1.91. The molecule has 0 aliphatic rings. The van der Waals surface area contributed by atoms with Crippen molar-refractivity contribution in [2.24, 2.45) is 11.3 Å². The summed E-state index contributed by atoms with van der Waals surface area (Å²) >= 11 is 0. The van der Waals surface area contributed by atoms with Gasteiger partial charge in [0.25, 0.3) is 0 Å². The summed E-state index contributed by atoms with van der Waals surface area (Å²) in [6.45, 7) is 10.8. The maximum Gasteiger partial charge on any atom is 0.117 e. The standard InChI is InChI=1S/C16H24N4/c1-12(2)16(3,4)11-17-10-14-15(19-20-18-14)13-8-6-5-7-9-13/h5-9,12,17H,10-11H2,1-4H3,(H,18,19,20). The van der Waals surface area contributed by atoms with E-state index in [1.807, 2.05) is 18.2 Å². The molecular weight excluding hydrogens is 248 g/mol. The van der Waals surface area contributed by atoms with Crippen molar-refractivity contribution in [3.63, 3.8) is 0 Å². The molecule has 0 saturated heterocycles. The van der Waals surface area contributed by atoms with Gasteiger partial charge in [-0.2, -0.15) is 15.4 Å². The van der Waals surface area contributed by atoms with Crippen LogP contribution in [-0.4, -0.2) is 22.0 Å². The minimum absolute atomic E-state index is 0.274. The molecule has 4 heteroatoms. The summed E-state index contributed by atoms with van der Waals surface area (Å²) in [4.78, 5) is 0. The minimum atomic E-state index is 0.274. The molecule has 0 fully saturated rings. The zero-order chi connectivity index (χ0) is 14.6. The predicted molar refractivity (Wildman–Crippen MR) is 82.1 cm³/mol. The zero-order valence-electron chi connectivity index (χ0n) is 12.8. The van der Waals surface area contributed by atoms with Gasteiger partial charge in [0.1, 0.15) is 11.4 Å². The summed E-state index contributed by atoms with van der Waals surface area (Å²) in [5.41, 5.74) is 3.27. The number of aromatic nitrogens is 3. The molecule has 2 N–H and O–H groups in total. The zero-order valence-corrected chi connectivity index (χ0v) is 12.8. The molecule has 108 valence electrons. The molecule has 1 aromatic carbocycles. The quantitative estimate of drug-likeness (QED) is 0.848. The number of aromatic amines is 1. The highest BCUT2D eigenvalue weighted by atomic mass is 15.3. The van der Waals surface area contributed by atoms with Crippen LogP contribution in [0.3, 0.4) is 0 Å². The van der Waals surface area contributed by atoms with Gasteiger partial charge < -0.3 is 5.32 Å². The van der Waals surface area contributed by atoms with Crippen molar-refractivity contribution in [2.75, 3.05) is 6.54 Å². The first-order valence-corrected chi connectivity index (χ1v) is 7.16. The van der Waals surface area contributed by atoms with E-state index in [1.54, 1.807) is 0 Å². The Labute approximate surface area is 121 Å². The predicted octanol–water partition coefficient (Wildman–Crippen LogP) is 3.24. The number of benzene rings is 1. The van der Waals surface area contributed by atoms with E-state index < -0.39 is 0 Å². The smallest absolute Gasteiger partial charge is 0.117 e. The third kappa shape index (κ3) is 3.45. The van der Waals surface area contributed by atoms with Crippen molar-refractivity contribution in [1.82, 2.24) is 20.7 Å². The summed E-state index contributed by atoms with van der Waals surface area (Å²) in [6, 6.07) is 10.2. The van der Waals surface area contributed by atoms with Crippen molar-refractivity contribution in [3.05, 3.63) is 36.0 Å². The Kier molecular flexibility index (Phi) is 4.55. The summed E-state index contributed by atoms with van der Waals surface area (Å²) in [6.07, 6.45) is 0. The van der Waals surface area contributed by atoms with Crippen molar-refractivity contribution in [1.29, 1.82) is 0 Å². The lowest BCUT2D eigenvalue weighted by molar-refractivity contribution is 0.237. The van der Waals surface area contributed by atoms with E-state index in [4.69, 9.17) is 0 Å². The van der Waals surface area contributed by atoms with Gasteiger partial charge in [-0.1, -0.05) is 58.0 Å². The van der Waals surface area contributed by atoms with Crippen molar-refractivity contribution >= 4 is 0 Å². The van der Waals surface area contributed by atoms with Crippen LogP contribution in [0.2, 0.25) is 0 Å². The van der Waals surface area contributed by atoms with Gasteiger partial charge in [-0.15, -0.1) is 0 Å². The molecule has 0 amide bonds. The lowest BCUT2D eigenvalue weighted by Crippen LogP contribution is -2.33. The summed E-state index contributed by atoms with van der Waals surface area (Å²) in [7, 11) is 0. The minimum Gasteiger partial charge on any atom is -0.310 e. The number of nitrogens with zero attached hydrogens (tertiary/aromatic N) is 2. The molecule has 4 nitrogen and oxygen atoms in total. The molecule has 0 aliphatic carbocycles. The van der Waals surface area contributed by atoms with Crippen LogP contribution in [-0.2, 0) is 6.54 Å². The molecule has 0 atom stereocenters. The van der Waals surface area contributed by atoms with Gasteiger partial charge in [0.2, 0.25) is 0 Å². The maximum atomic E-state index is 4.26. The van der Waals surface area contributed by atoms with E-state index >= 15 is 0 Å². The first-order chi connectivity index (χ1) is 9.50. The molecule has 0 radical (unpaired) electrons. The van der Waals surface area contributed by atoms with Crippen LogP contribution in [0.5, 0.6) is 0 Å². The number of rotatable bonds is 6. The van der Waals surface area contributed by atoms with Gasteiger partial charge in [-0.05, 0) is 11.3 Å². The summed E-state index contributed by atoms with van der Waals surface area (Å²) < 4.78 is 0. The Morgan fingerprint density at radius 3 is 2.50 bits per heavy atom. The molecule has 0 saturated carbocycles. The van der Waals surface area contributed by atoms with E-state index in [2.05, 4.69) is 60.6 Å². The Morgan fingerprint density at radius 1 is 1.15 bits per heavy atom. The van der Waals surface area contributed by atoms with Crippen LogP contribution in [0.15, 0.2) is 30.3 Å². The lowest BCUT2D eigenvalue weighted by atomic mass is 9.81. The SMILES string of the molecule is CC(C)C(C)(C)CNCc1n[nH]nc1-c1ccccc1. The monoisotopic (exact) mass is 272 g/mol. The molecule has 0 aliphatic heterocycles. The third-order valence-electron chi connectivity index (χ3n) is 4.10. The van der Waals surface area contributed by atoms with Gasteiger partial charge in [-0.25, -0.2) is 0 Å². The fraction of sp³-hybridized carbons (Fsp3) is 0.500. The molecule has 1 heterocycles. The number of H-pyrrole nitrogens is 1. The maximum absolute atomic E-state index is 4.26. The molecule has 0 spiro atoms. The Balaban J connectivity index is 2.00. The number of nitrogens with one attached hydrogen (secondary N) is 2. The molecule has 1 aromatic heterocycles. The first-order valence-electron chi connectivity index (χ1n) is 7.16. The molecule has 2 rings (SSSR count). The van der Waals surface area contributed by atoms with E-state index in [9.17, 15) is 0 Å². The van der Waals surface area contributed by atoms with Crippen LogP contribution < -0.4 is 5.32 Å². The van der Waals surface area contributed by atoms with Crippen LogP contribution in [0.1, 0.15) is 33.4 Å². The lowest BCUT2D eigenvalue weighted by Gasteiger charge is -2.29. The Morgan fingerprint density at radius 2 is 1.85 bits per heavy atom. The molecule has 0 bridgehead atoms. The van der Waals surface area contributed by atoms with Crippen LogP contribution in [0.25, 0.3) is 11.3 Å². The van der Waals surface area contributed by atoms with E-state index in [0.717, 1.165) is 30.0 Å². The number of hydrogen-bond acceptors (Lipinski definition) is 3. The van der Waals surface area contributed by atoms with E-state index in [-0.39, 0.29) is 5.41 Å². The molecular formula is C16H24N4. The van der Waals surface area contributed by atoms with Crippen LogP contribution in [0, 0.1) is 11.3 Å². The highest BCUT2D eigenvalue weighted by Crippen LogP contribution is 2.25. The van der Waals surface area contributed by atoms with Gasteiger partial charge in [0.15, 0.2) is 0 Å². The van der Waals surface area contributed by atoms with Crippen molar-refractivity contribution in [2.45, 2.75) is 34.2 Å². The third-order valence-corrected chi connectivity index (χ3v) is 4.10. The largest absolute Gasteiger partial charge is 0.310 e. The van der Waals surface area contributed by atoms with E-state index in [1.165, 1.54) is 0 Å². The molecule has 2 aromatic rings. The van der Waals surface area contributed by atoms with Crippen LogP contribution in [0.4, 0.5) is 0 Å². The fourth-order valence-electron chi connectivity index (χ4n) is 1.91. The highest BCUT2D eigenvalue weighted by molar-refractivity contribution is 5.60. The van der Waals surface area contributed by atoms with Gasteiger partial charge in [-0.3, -0.25) is 0 Å². The Bertz CT molecular complexity index is 528. The second-order valence-electron chi connectivity index (χ2n) is 6.23. The first kappa shape index (κ1) is 14.7. The second-order valence-corrected chi connectivity index (χ2v) is 6.23. The van der Waals surface area contributed by atoms with Crippen LogP contribution >= 0.6 is 0 Å². The molecule has 0 unspecified atom stereocenters. The van der Waals surface area contributed by atoms with Crippen molar-refractivity contribution < 1.29 is 0 Å². The summed E-state index contributed by atoms with van der Waals surface area (Å²) in [5, 5.41) is 14.7. The van der Waals surface area contributed by atoms with Gasteiger partial charge >= 0.3 is 0 Å². The average molecular weight is 272 g/mol. The van der Waals surface area contributed by atoms with E-state index in [0.29, 0.717) is 5.92 Å². The summed E-state index contributed by atoms with van der Waals surface area (Å²) in [5.74, 6) is 0.640.